The molecule has 3 aliphatic rings. The van der Waals surface area contributed by atoms with Gasteiger partial charge < -0.3 is 4.90 Å². The molecule has 4 heteroatoms. The number of amides is 1. The minimum absolute atomic E-state index is 0.199. The lowest BCUT2D eigenvalue weighted by molar-refractivity contribution is 0.0571. The molecule has 0 bridgehead atoms. The first kappa shape index (κ1) is 17.9. The van der Waals surface area contributed by atoms with E-state index in [1.165, 1.54) is 36.1 Å². The largest absolute Gasteiger partial charge is 0.336 e. The van der Waals surface area contributed by atoms with Crippen LogP contribution in [0.1, 0.15) is 39.9 Å². The Balaban J connectivity index is 1.21. The van der Waals surface area contributed by atoms with E-state index in [1.807, 2.05) is 12.1 Å². The summed E-state index contributed by atoms with van der Waals surface area (Å²) in [6.07, 6.45) is 3.64. The zero-order chi connectivity index (χ0) is 18.9. The zero-order valence-corrected chi connectivity index (χ0v) is 16.5. The maximum atomic E-state index is 12.9. The fourth-order valence-corrected chi connectivity index (χ4v) is 5.06. The van der Waals surface area contributed by atoms with Crippen molar-refractivity contribution in [1.29, 1.82) is 0 Å². The monoisotopic (exact) mass is 375 g/mol. The van der Waals surface area contributed by atoms with E-state index in [0.717, 1.165) is 51.3 Å². The summed E-state index contributed by atoms with van der Waals surface area (Å²) in [5.41, 5.74) is 5.06. The molecule has 3 aliphatic heterocycles. The van der Waals surface area contributed by atoms with Crippen molar-refractivity contribution in [2.45, 2.75) is 38.4 Å². The van der Waals surface area contributed by atoms with E-state index >= 15 is 0 Å². The molecule has 0 unspecified atom stereocenters. The van der Waals surface area contributed by atoms with E-state index in [1.54, 1.807) is 0 Å². The Hall–Kier alpha value is -2.17. The fraction of sp³-hybridized carbons (Fsp3) is 0.458. The molecule has 1 amide bonds. The van der Waals surface area contributed by atoms with Crippen LogP contribution in [-0.2, 0) is 19.5 Å². The van der Waals surface area contributed by atoms with Gasteiger partial charge in [0.15, 0.2) is 0 Å². The number of carbonyl (C=O) groups excluding carboxylic acids is 1. The van der Waals surface area contributed by atoms with Crippen LogP contribution in [0.4, 0.5) is 0 Å². The molecule has 0 aliphatic carbocycles. The van der Waals surface area contributed by atoms with E-state index in [0.29, 0.717) is 6.04 Å². The van der Waals surface area contributed by atoms with Gasteiger partial charge in [-0.1, -0.05) is 36.4 Å². The maximum absolute atomic E-state index is 12.9. The van der Waals surface area contributed by atoms with Gasteiger partial charge in [0, 0.05) is 50.9 Å². The molecule has 2 saturated heterocycles. The van der Waals surface area contributed by atoms with Crippen molar-refractivity contribution in [3.05, 3.63) is 70.8 Å². The number of carbonyl (C=O) groups is 1. The van der Waals surface area contributed by atoms with Gasteiger partial charge in [-0.25, -0.2) is 0 Å². The van der Waals surface area contributed by atoms with Gasteiger partial charge in [-0.3, -0.25) is 14.6 Å². The Kier molecular flexibility index (Phi) is 4.91. The first-order valence-electron chi connectivity index (χ1n) is 10.7. The summed E-state index contributed by atoms with van der Waals surface area (Å²) in [4.78, 5) is 20.0. The smallest absolute Gasteiger partial charge is 0.253 e. The van der Waals surface area contributed by atoms with Gasteiger partial charge in [0.1, 0.15) is 0 Å². The lowest BCUT2D eigenvalue weighted by atomic mass is 9.99. The van der Waals surface area contributed by atoms with Crippen LogP contribution in [0.25, 0.3) is 0 Å². The highest BCUT2D eigenvalue weighted by Gasteiger charge is 2.32. The number of fused-ring (bicyclic) bond motifs is 2. The maximum Gasteiger partial charge on any atom is 0.253 e. The Morgan fingerprint density at radius 3 is 2.61 bits per heavy atom. The van der Waals surface area contributed by atoms with Crippen LogP contribution in [0.2, 0.25) is 0 Å². The molecule has 0 N–H and O–H groups in total. The van der Waals surface area contributed by atoms with Crippen molar-refractivity contribution >= 4 is 5.91 Å². The standard InChI is InChI=1S/C24H29N3O/c28-24(27-15-14-26-12-3-6-23(26)18-27)21-9-7-19(8-10-21)16-25-13-11-20-4-1-2-5-22(20)17-25/h1-2,4-5,7-10,23H,3,6,11-18H2/t23-/m0/s1. The third-order valence-electron chi connectivity index (χ3n) is 6.69. The average molecular weight is 376 g/mol. The second-order valence-electron chi connectivity index (χ2n) is 8.51. The molecule has 0 spiro atoms. The van der Waals surface area contributed by atoms with Crippen LogP contribution in [0.15, 0.2) is 48.5 Å². The van der Waals surface area contributed by atoms with Gasteiger partial charge in [0.25, 0.3) is 5.91 Å². The van der Waals surface area contributed by atoms with Crippen LogP contribution in [0.3, 0.4) is 0 Å². The summed E-state index contributed by atoms with van der Waals surface area (Å²) in [5, 5.41) is 0. The summed E-state index contributed by atoms with van der Waals surface area (Å²) in [6, 6.07) is 17.7. The minimum atomic E-state index is 0.199. The van der Waals surface area contributed by atoms with Crippen molar-refractivity contribution in [3.8, 4) is 0 Å². The van der Waals surface area contributed by atoms with E-state index in [4.69, 9.17) is 0 Å². The molecule has 5 rings (SSSR count). The second-order valence-corrected chi connectivity index (χ2v) is 8.51. The highest BCUT2D eigenvalue weighted by molar-refractivity contribution is 5.94. The number of hydrogen-bond donors (Lipinski definition) is 0. The highest BCUT2D eigenvalue weighted by atomic mass is 16.2. The van der Waals surface area contributed by atoms with E-state index in [2.05, 4.69) is 51.1 Å². The van der Waals surface area contributed by atoms with Crippen molar-refractivity contribution < 1.29 is 4.79 Å². The number of piperazine rings is 1. The van der Waals surface area contributed by atoms with Crippen molar-refractivity contribution in [2.24, 2.45) is 0 Å². The molecule has 1 atom stereocenters. The number of benzene rings is 2. The first-order chi connectivity index (χ1) is 13.8. The van der Waals surface area contributed by atoms with E-state index < -0.39 is 0 Å². The predicted molar refractivity (Wildman–Crippen MR) is 111 cm³/mol. The molecule has 2 fully saturated rings. The molecule has 0 aromatic heterocycles. The van der Waals surface area contributed by atoms with Crippen molar-refractivity contribution in [3.63, 3.8) is 0 Å². The molecule has 4 nitrogen and oxygen atoms in total. The molecule has 2 aromatic rings. The Morgan fingerprint density at radius 1 is 0.929 bits per heavy atom. The average Bonchev–Trinajstić information content (AvgIpc) is 3.21. The van der Waals surface area contributed by atoms with Crippen molar-refractivity contribution in [2.75, 3.05) is 32.7 Å². The summed E-state index contributed by atoms with van der Waals surface area (Å²) >= 11 is 0. The number of rotatable bonds is 3. The lowest BCUT2D eigenvalue weighted by Crippen LogP contribution is -2.52. The van der Waals surface area contributed by atoms with E-state index in [-0.39, 0.29) is 5.91 Å². The SMILES string of the molecule is O=C(c1ccc(CN2CCc3ccccc3C2)cc1)N1CCN2CCC[C@H]2C1. The fourth-order valence-electron chi connectivity index (χ4n) is 5.06. The third-order valence-corrected chi connectivity index (χ3v) is 6.69. The van der Waals surface area contributed by atoms with Gasteiger partial charge in [0.2, 0.25) is 0 Å². The topological polar surface area (TPSA) is 26.8 Å². The molecule has 2 aromatic carbocycles. The van der Waals surface area contributed by atoms with E-state index in [9.17, 15) is 4.79 Å². The number of hydrogen-bond acceptors (Lipinski definition) is 3. The molecule has 0 saturated carbocycles. The Morgan fingerprint density at radius 2 is 1.75 bits per heavy atom. The highest BCUT2D eigenvalue weighted by Crippen LogP contribution is 2.23. The number of nitrogens with zero attached hydrogens (tertiary/aromatic N) is 3. The normalized spacial score (nSPS) is 22.7. The summed E-state index contributed by atoms with van der Waals surface area (Å²) in [5.74, 6) is 0.199. The van der Waals surface area contributed by atoms with Crippen LogP contribution in [-0.4, -0.2) is 59.4 Å². The van der Waals surface area contributed by atoms with Gasteiger partial charge >= 0.3 is 0 Å². The molecule has 146 valence electrons. The van der Waals surface area contributed by atoms with Gasteiger partial charge in [-0.05, 0) is 54.6 Å². The summed E-state index contributed by atoms with van der Waals surface area (Å²) in [6.45, 7) is 7.07. The minimum Gasteiger partial charge on any atom is -0.336 e. The second kappa shape index (κ2) is 7.69. The Bertz CT molecular complexity index is 847. The molecule has 3 heterocycles. The van der Waals surface area contributed by atoms with Crippen molar-refractivity contribution in [1.82, 2.24) is 14.7 Å². The molecule has 28 heavy (non-hydrogen) atoms. The molecular formula is C24H29N3O. The van der Waals surface area contributed by atoms with Crippen LogP contribution in [0.5, 0.6) is 0 Å². The quantitative estimate of drug-likeness (QED) is 0.825. The van der Waals surface area contributed by atoms with Crippen LogP contribution in [0, 0.1) is 0 Å². The third kappa shape index (κ3) is 3.59. The van der Waals surface area contributed by atoms with Crippen LogP contribution >= 0.6 is 0 Å². The van der Waals surface area contributed by atoms with Gasteiger partial charge in [-0.15, -0.1) is 0 Å². The van der Waals surface area contributed by atoms with Gasteiger partial charge in [0.05, 0.1) is 0 Å². The first-order valence-corrected chi connectivity index (χ1v) is 10.7. The zero-order valence-electron chi connectivity index (χ0n) is 16.5. The summed E-state index contributed by atoms with van der Waals surface area (Å²) in [7, 11) is 0. The molecule has 0 radical (unpaired) electrons. The van der Waals surface area contributed by atoms with Crippen LogP contribution < -0.4 is 0 Å². The lowest BCUT2D eigenvalue weighted by Gasteiger charge is -2.37. The Labute approximate surface area is 167 Å². The predicted octanol–water partition coefficient (Wildman–Crippen LogP) is 3.17. The molecular weight excluding hydrogens is 346 g/mol. The van der Waals surface area contributed by atoms with Gasteiger partial charge in [-0.2, -0.15) is 0 Å². The summed E-state index contributed by atoms with van der Waals surface area (Å²) < 4.78 is 0.